The van der Waals surface area contributed by atoms with Crippen LogP contribution in [0.2, 0.25) is 0 Å². The van der Waals surface area contributed by atoms with Gasteiger partial charge in [0.15, 0.2) is 0 Å². The fourth-order valence-corrected chi connectivity index (χ4v) is 7.30. The summed E-state index contributed by atoms with van der Waals surface area (Å²) in [5, 5.41) is 3.89. The Bertz CT molecular complexity index is 1930. The molecule has 1 spiro atoms. The van der Waals surface area contributed by atoms with Crippen LogP contribution < -0.4 is 10.1 Å². The van der Waals surface area contributed by atoms with Crippen molar-refractivity contribution >= 4 is 11.3 Å². The van der Waals surface area contributed by atoms with E-state index >= 15 is 0 Å². The molecule has 1 atom stereocenters. The summed E-state index contributed by atoms with van der Waals surface area (Å²) in [6, 6.07) is 47.3. The van der Waals surface area contributed by atoms with E-state index in [4.69, 9.17) is 11.3 Å². The SMILES string of the molecule is C=C1/C=C(/C2C=C(c3ccccc3)C=C(c3ccccc3)N2)CCOc2ccccc2C12c1ccccc1-c1ccccc12. The highest BCUT2D eigenvalue weighted by Gasteiger charge is 2.48. The Hall–Kier alpha value is -5.34. The number of dihydropyridines is 1. The lowest BCUT2D eigenvalue weighted by Gasteiger charge is -2.35. The molecule has 3 aliphatic rings. The predicted octanol–water partition coefficient (Wildman–Crippen LogP) is 9.36. The molecule has 0 fully saturated rings. The van der Waals surface area contributed by atoms with Crippen LogP contribution in [-0.2, 0) is 5.41 Å². The van der Waals surface area contributed by atoms with Gasteiger partial charge in [-0.25, -0.2) is 0 Å². The first-order valence-electron chi connectivity index (χ1n) is 15.4. The predicted molar refractivity (Wildman–Crippen MR) is 181 cm³/mol. The number of rotatable bonds is 3. The van der Waals surface area contributed by atoms with Crippen LogP contribution in [0.25, 0.3) is 22.4 Å². The Morgan fingerprint density at radius 1 is 0.614 bits per heavy atom. The molecule has 2 nitrogen and oxygen atoms in total. The van der Waals surface area contributed by atoms with Crippen LogP contribution in [0, 0.1) is 0 Å². The molecule has 1 aliphatic carbocycles. The summed E-state index contributed by atoms with van der Waals surface area (Å²) in [5.74, 6) is 0.914. The Kier molecular flexibility index (Phi) is 6.42. The third-order valence-electron chi connectivity index (χ3n) is 9.28. The Labute approximate surface area is 259 Å². The molecule has 212 valence electrons. The number of hydrogen-bond donors (Lipinski definition) is 1. The van der Waals surface area contributed by atoms with Gasteiger partial charge in [0.25, 0.3) is 0 Å². The average molecular weight is 568 g/mol. The largest absolute Gasteiger partial charge is 0.493 e. The second-order valence-electron chi connectivity index (χ2n) is 11.7. The zero-order valence-corrected chi connectivity index (χ0v) is 24.5. The molecule has 5 aromatic rings. The van der Waals surface area contributed by atoms with E-state index in [-0.39, 0.29) is 6.04 Å². The standard InChI is InChI=1S/C42H33NO/c1-29-26-32(40-28-33(30-14-4-2-5-15-30)27-39(43-40)31-16-6-3-7-17-31)24-25-44-41-23-13-12-22-38(41)42(29)36-20-10-8-18-34(36)35-19-9-11-21-37(35)42/h2-23,26-28,40,43H,1,24-25H2/b32-26+. The van der Waals surface area contributed by atoms with Crippen molar-refractivity contribution in [3.8, 4) is 16.9 Å². The van der Waals surface area contributed by atoms with Crippen LogP contribution in [-0.4, -0.2) is 12.6 Å². The highest BCUT2D eigenvalue weighted by atomic mass is 16.5. The van der Waals surface area contributed by atoms with Crippen LogP contribution in [0.15, 0.2) is 169 Å². The number of allylic oxidation sites excluding steroid dienone is 4. The summed E-state index contributed by atoms with van der Waals surface area (Å²) in [4.78, 5) is 0. The van der Waals surface area contributed by atoms with Crippen molar-refractivity contribution in [3.05, 3.63) is 197 Å². The van der Waals surface area contributed by atoms with E-state index in [9.17, 15) is 0 Å². The van der Waals surface area contributed by atoms with Crippen molar-refractivity contribution in [2.24, 2.45) is 0 Å². The van der Waals surface area contributed by atoms with E-state index in [0.29, 0.717) is 6.61 Å². The first-order chi connectivity index (χ1) is 21.7. The fourth-order valence-electron chi connectivity index (χ4n) is 7.30. The quantitative estimate of drug-likeness (QED) is 0.235. The molecule has 0 aromatic heterocycles. The smallest absolute Gasteiger partial charge is 0.124 e. The average Bonchev–Trinajstić information content (AvgIpc) is 3.42. The molecule has 0 amide bonds. The molecule has 0 bridgehead atoms. The summed E-state index contributed by atoms with van der Waals surface area (Å²) >= 11 is 0. The van der Waals surface area contributed by atoms with E-state index < -0.39 is 5.41 Å². The zero-order chi connectivity index (χ0) is 29.5. The Morgan fingerprint density at radius 3 is 1.86 bits per heavy atom. The topological polar surface area (TPSA) is 21.3 Å². The van der Waals surface area contributed by atoms with E-state index in [0.717, 1.165) is 29.0 Å². The second kappa shape index (κ2) is 10.7. The van der Waals surface area contributed by atoms with Gasteiger partial charge in [0.05, 0.1) is 18.1 Å². The van der Waals surface area contributed by atoms with E-state index in [2.05, 4.69) is 157 Å². The molecule has 2 heteroatoms. The van der Waals surface area contributed by atoms with Gasteiger partial charge in [-0.05, 0) is 62.2 Å². The third kappa shape index (κ3) is 4.18. The minimum Gasteiger partial charge on any atom is -0.493 e. The minimum absolute atomic E-state index is 0.0316. The van der Waals surface area contributed by atoms with Gasteiger partial charge in [0.1, 0.15) is 5.75 Å². The van der Waals surface area contributed by atoms with Gasteiger partial charge in [-0.2, -0.15) is 0 Å². The number of nitrogens with one attached hydrogen (secondary N) is 1. The number of ether oxygens (including phenoxy) is 1. The third-order valence-corrected chi connectivity index (χ3v) is 9.28. The molecule has 0 saturated carbocycles. The summed E-state index contributed by atoms with van der Waals surface area (Å²) in [5.41, 5.74) is 12.6. The molecule has 2 aliphatic heterocycles. The van der Waals surface area contributed by atoms with E-state index in [1.54, 1.807) is 0 Å². The molecular formula is C42H33NO. The number of fused-ring (bicyclic) bond motifs is 7. The van der Waals surface area contributed by atoms with Gasteiger partial charge in [-0.3, -0.25) is 0 Å². The first kappa shape index (κ1) is 26.3. The van der Waals surface area contributed by atoms with Crippen molar-refractivity contribution in [3.63, 3.8) is 0 Å². The zero-order valence-electron chi connectivity index (χ0n) is 24.5. The van der Waals surface area contributed by atoms with Crippen molar-refractivity contribution in [2.75, 3.05) is 6.61 Å². The molecule has 5 aromatic carbocycles. The van der Waals surface area contributed by atoms with Gasteiger partial charge >= 0.3 is 0 Å². The Balaban J connectivity index is 1.32. The summed E-state index contributed by atoms with van der Waals surface area (Å²) in [6.07, 6.45) is 7.75. The monoisotopic (exact) mass is 567 g/mol. The highest BCUT2D eigenvalue weighted by Crippen LogP contribution is 2.58. The van der Waals surface area contributed by atoms with Crippen molar-refractivity contribution < 1.29 is 4.74 Å². The van der Waals surface area contributed by atoms with Crippen LogP contribution in [0.1, 0.15) is 34.2 Å². The van der Waals surface area contributed by atoms with Crippen molar-refractivity contribution in [1.29, 1.82) is 0 Å². The summed E-state index contributed by atoms with van der Waals surface area (Å²) in [6.45, 7) is 5.47. The normalized spacial score (nSPS) is 19.3. The van der Waals surface area contributed by atoms with Crippen LogP contribution in [0.3, 0.4) is 0 Å². The van der Waals surface area contributed by atoms with Crippen molar-refractivity contribution in [1.82, 2.24) is 5.32 Å². The minimum atomic E-state index is -0.571. The molecule has 1 unspecified atom stereocenters. The maximum Gasteiger partial charge on any atom is 0.124 e. The first-order valence-corrected chi connectivity index (χ1v) is 15.4. The van der Waals surface area contributed by atoms with Gasteiger partial charge < -0.3 is 10.1 Å². The van der Waals surface area contributed by atoms with Crippen LogP contribution in [0.5, 0.6) is 5.75 Å². The fraction of sp³-hybridized carbons (Fsp3) is 0.0952. The summed E-state index contributed by atoms with van der Waals surface area (Å²) in [7, 11) is 0. The van der Waals surface area contributed by atoms with Gasteiger partial charge in [0.2, 0.25) is 0 Å². The summed E-state index contributed by atoms with van der Waals surface area (Å²) < 4.78 is 6.67. The molecule has 0 saturated heterocycles. The van der Waals surface area contributed by atoms with Gasteiger partial charge in [-0.15, -0.1) is 0 Å². The molecule has 1 N–H and O–H groups in total. The van der Waals surface area contributed by atoms with Gasteiger partial charge in [0, 0.05) is 17.7 Å². The lowest BCUT2D eigenvalue weighted by Crippen LogP contribution is -2.32. The van der Waals surface area contributed by atoms with Crippen LogP contribution >= 0.6 is 0 Å². The maximum atomic E-state index is 6.67. The molecule has 0 radical (unpaired) electrons. The van der Waals surface area contributed by atoms with Crippen LogP contribution in [0.4, 0.5) is 0 Å². The highest BCUT2D eigenvalue weighted by molar-refractivity contribution is 5.88. The molecular weight excluding hydrogens is 534 g/mol. The Morgan fingerprint density at radius 2 is 1.18 bits per heavy atom. The van der Waals surface area contributed by atoms with Crippen molar-refractivity contribution in [2.45, 2.75) is 17.9 Å². The van der Waals surface area contributed by atoms with E-state index in [1.165, 1.54) is 44.5 Å². The van der Waals surface area contributed by atoms with E-state index in [1.807, 2.05) is 0 Å². The number of hydrogen-bond acceptors (Lipinski definition) is 2. The second-order valence-corrected chi connectivity index (χ2v) is 11.7. The lowest BCUT2D eigenvalue weighted by atomic mass is 9.67. The maximum absolute atomic E-state index is 6.67. The molecule has 44 heavy (non-hydrogen) atoms. The molecule has 2 heterocycles. The number of para-hydroxylation sites is 1. The lowest BCUT2D eigenvalue weighted by molar-refractivity contribution is 0.315. The molecule has 8 rings (SSSR count). The number of benzene rings is 5. The van der Waals surface area contributed by atoms with Gasteiger partial charge in [-0.1, -0.05) is 146 Å².